The predicted molar refractivity (Wildman–Crippen MR) is 81.1 cm³/mol. The highest BCUT2D eigenvalue weighted by Gasteiger charge is 2.13. The van der Waals surface area contributed by atoms with Gasteiger partial charge in [-0.15, -0.1) is 0 Å². The van der Waals surface area contributed by atoms with Crippen molar-refractivity contribution in [2.24, 2.45) is 5.92 Å². The summed E-state index contributed by atoms with van der Waals surface area (Å²) in [6.07, 6.45) is 6.62. The monoisotopic (exact) mass is 276 g/mol. The van der Waals surface area contributed by atoms with E-state index in [2.05, 4.69) is 10.6 Å². The minimum atomic E-state index is -0.0229. The standard InChI is InChI=1S/C16H24N2O2/c1-20-15-10-6-5-9-14(15)18-16(19)12-17-11-13-7-3-2-4-8-13/h5-6,9-10,13,17H,2-4,7-8,11-12H2,1H3,(H,18,19). The molecule has 1 aliphatic carbocycles. The Kier molecular flexibility index (Phi) is 5.87. The van der Waals surface area contributed by atoms with Crippen LogP contribution in [0.1, 0.15) is 32.1 Å². The fourth-order valence-corrected chi connectivity index (χ4v) is 2.72. The number of anilines is 1. The Bertz CT molecular complexity index is 428. The van der Waals surface area contributed by atoms with Crippen LogP contribution in [0.2, 0.25) is 0 Å². The molecule has 4 heteroatoms. The molecule has 4 nitrogen and oxygen atoms in total. The molecule has 0 bridgehead atoms. The molecule has 110 valence electrons. The van der Waals surface area contributed by atoms with Gasteiger partial charge in [0.1, 0.15) is 5.75 Å². The second-order valence-corrected chi connectivity index (χ2v) is 5.38. The first kappa shape index (κ1) is 14.9. The van der Waals surface area contributed by atoms with E-state index in [0.717, 1.165) is 18.2 Å². The van der Waals surface area contributed by atoms with Gasteiger partial charge in [0.2, 0.25) is 5.91 Å². The molecule has 1 amide bonds. The van der Waals surface area contributed by atoms with E-state index in [0.29, 0.717) is 12.3 Å². The number of carbonyl (C=O) groups excluding carboxylic acids is 1. The average molecular weight is 276 g/mol. The number of carbonyl (C=O) groups is 1. The number of amides is 1. The highest BCUT2D eigenvalue weighted by Crippen LogP contribution is 2.23. The molecule has 0 aliphatic heterocycles. The highest BCUT2D eigenvalue weighted by molar-refractivity contribution is 5.93. The van der Waals surface area contributed by atoms with Crippen molar-refractivity contribution >= 4 is 11.6 Å². The van der Waals surface area contributed by atoms with E-state index >= 15 is 0 Å². The van der Waals surface area contributed by atoms with Gasteiger partial charge in [0.25, 0.3) is 0 Å². The third-order valence-corrected chi connectivity index (χ3v) is 3.82. The van der Waals surface area contributed by atoms with Crippen LogP contribution in [0.15, 0.2) is 24.3 Å². The largest absolute Gasteiger partial charge is 0.495 e. The molecule has 20 heavy (non-hydrogen) atoms. The molecular weight excluding hydrogens is 252 g/mol. The molecule has 0 unspecified atom stereocenters. The van der Waals surface area contributed by atoms with Crippen LogP contribution in [0.4, 0.5) is 5.69 Å². The minimum absolute atomic E-state index is 0.0229. The van der Waals surface area contributed by atoms with Gasteiger partial charge in [-0.2, -0.15) is 0 Å². The van der Waals surface area contributed by atoms with E-state index < -0.39 is 0 Å². The lowest BCUT2D eigenvalue weighted by molar-refractivity contribution is -0.115. The van der Waals surface area contributed by atoms with Gasteiger partial charge in [-0.1, -0.05) is 31.4 Å². The summed E-state index contributed by atoms with van der Waals surface area (Å²) < 4.78 is 5.21. The second kappa shape index (κ2) is 7.90. The zero-order valence-corrected chi connectivity index (χ0v) is 12.2. The third-order valence-electron chi connectivity index (χ3n) is 3.82. The molecule has 2 N–H and O–H groups in total. The van der Waals surface area contributed by atoms with E-state index in [9.17, 15) is 4.79 Å². The van der Waals surface area contributed by atoms with Gasteiger partial charge in [0.15, 0.2) is 0 Å². The van der Waals surface area contributed by atoms with Crippen LogP contribution in [0.25, 0.3) is 0 Å². The van der Waals surface area contributed by atoms with Crippen LogP contribution < -0.4 is 15.4 Å². The van der Waals surface area contributed by atoms with Gasteiger partial charge < -0.3 is 15.4 Å². The third kappa shape index (κ3) is 4.53. The van der Waals surface area contributed by atoms with Crippen molar-refractivity contribution in [3.63, 3.8) is 0 Å². The van der Waals surface area contributed by atoms with Crippen LogP contribution in [0.5, 0.6) is 5.75 Å². The van der Waals surface area contributed by atoms with Crippen molar-refractivity contribution < 1.29 is 9.53 Å². The zero-order valence-electron chi connectivity index (χ0n) is 12.2. The first-order chi connectivity index (χ1) is 9.79. The lowest BCUT2D eigenvalue weighted by Gasteiger charge is -2.21. The van der Waals surface area contributed by atoms with Crippen molar-refractivity contribution in [3.8, 4) is 5.75 Å². The fraction of sp³-hybridized carbons (Fsp3) is 0.562. The predicted octanol–water partition coefficient (Wildman–Crippen LogP) is 2.80. The maximum absolute atomic E-state index is 11.9. The van der Waals surface area contributed by atoms with Crippen molar-refractivity contribution in [1.29, 1.82) is 0 Å². The number of benzene rings is 1. The highest BCUT2D eigenvalue weighted by atomic mass is 16.5. The lowest BCUT2D eigenvalue weighted by atomic mass is 9.89. The van der Waals surface area contributed by atoms with Crippen molar-refractivity contribution in [2.75, 3.05) is 25.5 Å². The molecule has 1 aromatic rings. The van der Waals surface area contributed by atoms with Gasteiger partial charge in [-0.05, 0) is 37.4 Å². The van der Waals surface area contributed by atoms with E-state index in [-0.39, 0.29) is 5.91 Å². The summed E-state index contributed by atoms with van der Waals surface area (Å²) in [7, 11) is 1.60. The van der Waals surface area contributed by atoms with Crippen molar-refractivity contribution in [1.82, 2.24) is 5.32 Å². The van der Waals surface area contributed by atoms with E-state index in [1.807, 2.05) is 24.3 Å². The summed E-state index contributed by atoms with van der Waals surface area (Å²) >= 11 is 0. The van der Waals surface area contributed by atoms with Gasteiger partial charge in [-0.25, -0.2) is 0 Å². The van der Waals surface area contributed by atoms with E-state index in [1.165, 1.54) is 32.1 Å². The molecule has 1 saturated carbocycles. The molecular formula is C16H24N2O2. The fourth-order valence-electron chi connectivity index (χ4n) is 2.72. The number of nitrogens with one attached hydrogen (secondary N) is 2. The summed E-state index contributed by atoms with van der Waals surface area (Å²) in [4.78, 5) is 11.9. The lowest BCUT2D eigenvalue weighted by Crippen LogP contribution is -2.32. The van der Waals surface area contributed by atoms with Gasteiger partial charge in [-0.3, -0.25) is 4.79 Å². The molecule has 0 atom stereocenters. The molecule has 0 saturated heterocycles. The molecule has 0 heterocycles. The topological polar surface area (TPSA) is 50.4 Å². The Labute approximate surface area is 120 Å². The van der Waals surface area contributed by atoms with Crippen LogP contribution in [0.3, 0.4) is 0 Å². The van der Waals surface area contributed by atoms with Gasteiger partial charge in [0, 0.05) is 0 Å². The normalized spacial score (nSPS) is 15.8. The number of rotatable bonds is 6. The van der Waals surface area contributed by atoms with E-state index in [1.54, 1.807) is 7.11 Å². The van der Waals surface area contributed by atoms with Crippen molar-refractivity contribution in [2.45, 2.75) is 32.1 Å². The maximum Gasteiger partial charge on any atom is 0.238 e. The SMILES string of the molecule is COc1ccccc1NC(=O)CNCC1CCCCC1. The maximum atomic E-state index is 11.9. The Morgan fingerprint density at radius 1 is 1.25 bits per heavy atom. The minimum Gasteiger partial charge on any atom is -0.495 e. The molecule has 1 fully saturated rings. The van der Waals surface area contributed by atoms with Crippen LogP contribution in [0, 0.1) is 5.92 Å². The Hall–Kier alpha value is -1.55. The molecule has 0 aromatic heterocycles. The molecule has 1 aliphatic rings. The summed E-state index contributed by atoms with van der Waals surface area (Å²) in [5.41, 5.74) is 0.722. The molecule has 2 rings (SSSR count). The smallest absolute Gasteiger partial charge is 0.238 e. The summed E-state index contributed by atoms with van der Waals surface area (Å²) in [5.74, 6) is 1.40. The number of hydrogen-bond donors (Lipinski definition) is 2. The second-order valence-electron chi connectivity index (χ2n) is 5.38. The molecule has 1 aromatic carbocycles. The Morgan fingerprint density at radius 2 is 2.00 bits per heavy atom. The molecule has 0 spiro atoms. The van der Waals surface area contributed by atoms with Crippen molar-refractivity contribution in [3.05, 3.63) is 24.3 Å². The summed E-state index contributed by atoms with van der Waals surface area (Å²) in [5, 5.41) is 6.13. The summed E-state index contributed by atoms with van der Waals surface area (Å²) in [6, 6.07) is 7.45. The number of ether oxygens (including phenoxy) is 1. The Morgan fingerprint density at radius 3 is 2.75 bits per heavy atom. The number of hydrogen-bond acceptors (Lipinski definition) is 3. The first-order valence-corrected chi connectivity index (χ1v) is 7.43. The van der Waals surface area contributed by atoms with Crippen LogP contribution in [-0.2, 0) is 4.79 Å². The quantitative estimate of drug-likeness (QED) is 0.840. The van der Waals surface area contributed by atoms with Gasteiger partial charge in [0.05, 0.1) is 19.3 Å². The number of methoxy groups -OCH3 is 1. The average Bonchev–Trinajstić information content (AvgIpc) is 2.49. The first-order valence-electron chi connectivity index (χ1n) is 7.43. The molecule has 0 radical (unpaired) electrons. The number of para-hydroxylation sites is 2. The van der Waals surface area contributed by atoms with Gasteiger partial charge >= 0.3 is 0 Å². The Balaban J connectivity index is 1.72. The zero-order chi connectivity index (χ0) is 14.2. The van der Waals surface area contributed by atoms with E-state index in [4.69, 9.17) is 4.74 Å². The summed E-state index contributed by atoms with van der Waals surface area (Å²) in [6.45, 7) is 1.30. The van der Waals surface area contributed by atoms with Crippen LogP contribution >= 0.6 is 0 Å². The van der Waals surface area contributed by atoms with Crippen LogP contribution in [-0.4, -0.2) is 26.1 Å².